The average Bonchev–Trinajstić information content (AvgIpc) is 2.76. The number of fused-ring (bicyclic) bond motifs is 1. The molecule has 3 aromatic rings. The van der Waals surface area contributed by atoms with Crippen molar-refractivity contribution < 1.29 is 0 Å². The molecule has 0 saturated carbocycles. The molecule has 0 aliphatic heterocycles. The van der Waals surface area contributed by atoms with Crippen LogP contribution in [0.25, 0.3) is 16.7 Å². The quantitative estimate of drug-likeness (QED) is 0.407. The van der Waals surface area contributed by atoms with E-state index in [1.54, 1.807) is 0 Å². The Balaban J connectivity index is 2.36. The molecule has 0 aliphatic carbocycles. The molecule has 0 amide bonds. The van der Waals surface area contributed by atoms with Crippen molar-refractivity contribution >= 4 is 56.8 Å². The van der Waals surface area contributed by atoms with Gasteiger partial charge in [0, 0.05) is 8.59 Å². The molecule has 5 heteroatoms. The van der Waals surface area contributed by atoms with Gasteiger partial charge in [0.05, 0.1) is 22.6 Å². The summed E-state index contributed by atoms with van der Waals surface area (Å²) in [6.07, 6.45) is 0. The Morgan fingerprint density at radius 3 is 2.70 bits per heavy atom. The maximum Gasteiger partial charge on any atom is 0.129 e. The number of aryl methyl sites for hydroxylation is 1. The van der Waals surface area contributed by atoms with Gasteiger partial charge in [0.25, 0.3) is 0 Å². The van der Waals surface area contributed by atoms with Gasteiger partial charge < -0.3 is 0 Å². The Kier molecular flexibility index (Phi) is 3.93. The molecule has 3 rings (SSSR count). The smallest absolute Gasteiger partial charge is 0.129 e. The summed E-state index contributed by atoms with van der Waals surface area (Å²) in [7, 11) is 0. The largest absolute Gasteiger partial charge is 0.294 e. The normalized spacial score (nSPS) is 11.2. The highest BCUT2D eigenvalue weighted by Gasteiger charge is 2.14. The first-order valence-corrected chi connectivity index (χ1v) is 8.08. The molecule has 0 spiro atoms. The summed E-state index contributed by atoms with van der Waals surface area (Å²) in [6.45, 7) is 2.07. The van der Waals surface area contributed by atoms with Gasteiger partial charge in [-0.25, -0.2) is 4.98 Å². The van der Waals surface area contributed by atoms with Gasteiger partial charge in [-0.2, -0.15) is 0 Å². The van der Waals surface area contributed by atoms with Crippen LogP contribution in [-0.4, -0.2) is 9.55 Å². The number of alkyl halides is 1. The predicted octanol–water partition coefficient (Wildman–Crippen LogP) is 5.33. The molecule has 0 radical (unpaired) electrons. The minimum atomic E-state index is 0.367. The van der Waals surface area contributed by atoms with Crippen molar-refractivity contribution in [1.29, 1.82) is 0 Å². The SMILES string of the molecule is Cc1ccc2nc(CCl)n(-c3ccc(Cl)cc3I)c2c1. The average molecular weight is 417 g/mol. The van der Waals surface area contributed by atoms with Gasteiger partial charge in [-0.3, -0.25) is 4.57 Å². The summed E-state index contributed by atoms with van der Waals surface area (Å²) >= 11 is 14.4. The van der Waals surface area contributed by atoms with Crippen LogP contribution in [0, 0.1) is 10.5 Å². The number of nitrogens with zero attached hydrogens (tertiary/aromatic N) is 2. The van der Waals surface area contributed by atoms with Crippen LogP contribution in [0.3, 0.4) is 0 Å². The van der Waals surface area contributed by atoms with Gasteiger partial charge in [-0.05, 0) is 65.4 Å². The van der Waals surface area contributed by atoms with Crippen LogP contribution >= 0.6 is 45.8 Å². The summed E-state index contributed by atoms with van der Waals surface area (Å²) in [5.41, 5.74) is 4.28. The van der Waals surface area contributed by atoms with Crippen molar-refractivity contribution in [3.8, 4) is 5.69 Å². The van der Waals surface area contributed by atoms with E-state index in [1.807, 2.05) is 24.3 Å². The molecule has 0 aliphatic rings. The van der Waals surface area contributed by atoms with Crippen LogP contribution in [0.1, 0.15) is 11.4 Å². The Bertz CT molecular complexity index is 796. The predicted molar refractivity (Wildman–Crippen MR) is 93.1 cm³/mol. The minimum absolute atomic E-state index is 0.367. The van der Waals surface area contributed by atoms with Crippen molar-refractivity contribution in [2.75, 3.05) is 0 Å². The lowest BCUT2D eigenvalue weighted by atomic mass is 10.2. The lowest BCUT2D eigenvalue weighted by molar-refractivity contribution is 0.976. The highest BCUT2D eigenvalue weighted by molar-refractivity contribution is 14.1. The fraction of sp³-hybridized carbons (Fsp3) is 0.133. The zero-order valence-corrected chi connectivity index (χ0v) is 14.4. The number of hydrogen-bond donors (Lipinski definition) is 0. The van der Waals surface area contributed by atoms with Crippen LogP contribution in [-0.2, 0) is 5.88 Å². The summed E-state index contributed by atoms with van der Waals surface area (Å²) in [5, 5.41) is 0.728. The van der Waals surface area contributed by atoms with E-state index in [1.165, 1.54) is 5.56 Å². The highest BCUT2D eigenvalue weighted by Crippen LogP contribution is 2.28. The Labute approximate surface area is 140 Å². The maximum atomic E-state index is 6.06. The number of halogens is 3. The molecule has 20 heavy (non-hydrogen) atoms. The standard InChI is InChI=1S/C15H11Cl2IN2/c1-9-2-4-12-14(6-9)20(15(8-16)19-12)13-5-3-10(17)7-11(13)18/h2-7H,8H2,1H3. The van der Waals surface area contributed by atoms with Crippen LogP contribution in [0.15, 0.2) is 36.4 Å². The van der Waals surface area contributed by atoms with E-state index in [9.17, 15) is 0 Å². The second-order valence-corrected chi connectivity index (χ2v) is 6.45. The van der Waals surface area contributed by atoms with Crippen molar-refractivity contribution in [1.82, 2.24) is 9.55 Å². The topological polar surface area (TPSA) is 17.8 Å². The molecular formula is C15H11Cl2IN2. The fourth-order valence-corrected chi connectivity index (χ4v) is 3.55. The second kappa shape index (κ2) is 5.54. The molecule has 2 nitrogen and oxygen atoms in total. The summed E-state index contributed by atoms with van der Waals surface area (Å²) in [4.78, 5) is 4.61. The summed E-state index contributed by atoms with van der Waals surface area (Å²) in [6, 6.07) is 12.0. The maximum absolute atomic E-state index is 6.06. The van der Waals surface area contributed by atoms with Crippen molar-refractivity contribution in [2.24, 2.45) is 0 Å². The molecular weight excluding hydrogens is 406 g/mol. The van der Waals surface area contributed by atoms with E-state index in [-0.39, 0.29) is 0 Å². The first-order chi connectivity index (χ1) is 9.60. The molecule has 102 valence electrons. The number of imidazole rings is 1. The van der Waals surface area contributed by atoms with Crippen molar-refractivity contribution in [3.63, 3.8) is 0 Å². The van der Waals surface area contributed by atoms with Crippen LogP contribution < -0.4 is 0 Å². The highest BCUT2D eigenvalue weighted by atomic mass is 127. The zero-order valence-electron chi connectivity index (χ0n) is 10.7. The van der Waals surface area contributed by atoms with E-state index in [2.05, 4.69) is 51.2 Å². The molecule has 0 atom stereocenters. The molecule has 2 aromatic carbocycles. The third kappa shape index (κ3) is 2.43. The van der Waals surface area contributed by atoms with Crippen LogP contribution in [0.5, 0.6) is 0 Å². The van der Waals surface area contributed by atoms with E-state index in [0.717, 1.165) is 31.1 Å². The van der Waals surface area contributed by atoms with E-state index < -0.39 is 0 Å². The first-order valence-electron chi connectivity index (χ1n) is 6.09. The number of aromatic nitrogens is 2. The Morgan fingerprint density at radius 1 is 1.20 bits per heavy atom. The minimum Gasteiger partial charge on any atom is -0.294 e. The Morgan fingerprint density at radius 2 is 2.00 bits per heavy atom. The lowest BCUT2D eigenvalue weighted by Gasteiger charge is -2.10. The van der Waals surface area contributed by atoms with E-state index in [4.69, 9.17) is 23.2 Å². The molecule has 0 bridgehead atoms. The van der Waals surface area contributed by atoms with Gasteiger partial charge in [-0.15, -0.1) is 11.6 Å². The molecule has 0 saturated heterocycles. The third-order valence-corrected chi connectivity index (χ3v) is 4.49. The van der Waals surface area contributed by atoms with E-state index in [0.29, 0.717) is 5.88 Å². The van der Waals surface area contributed by atoms with Gasteiger partial charge in [-0.1, -0.05) is 17.7 Å². The third-order valence-electron chi connectivity index (χ3n) is 3.15. The van der Waals surface area contributed by atoms with Crippen LogP contribution in [0.2, 0.25) is 5.02 Å². The fourth-order valence-electron chi connectivity index (χ4n) is 2.26. The molecule has 0 unspecified atom stereocenters. The second-order valence-electron chi connectivity index (χ2n) is 4.58. The van der Waals surface area contributed by atoms with Gasteiger partial charge in [0.1, 0.15) is 5.82 Å². The molecule has 0 N–H and O–H groups in total. The number of benzene rings is 2. The van der Waals surface area contributed by atoms with Crippen molar-refractivity contribution in [2.45, 2.75) is 12.8 Å². The number of rotatable bonds is 2. The lowest BCUT2D eigenvalue weighted by Crippen LogP contribution is -2.01. The van der Waals surface area contributed by atoms with Crippen LogP contribution in [0.4, 0.5) is 0 Å². The van der Waals surface area contributed by atoms with Gasteiger partial charge in [0.2, 0.25) is 0 Å². The van der Waals surface area contributed by atoms with Gasteiger partial charge >= 0.3 is 0 Å². The molecule has 0 fully saturated rings. The van der Waals surface area contributed by atoms with E-state index >= 15 is 0 Å². The monoisotopic (exact) mass is 416 g/mol. The van der Waals surface area contributed by atoms with Crippen molar-refractivity contribution in [3.05, 3.63) is 56.4 Å². The first kappa shape index (κ1) is 14.2. The summed E-state index contributed by atoms with van der Waals surface area (Å²) < 4.78 is 3.18. The Hall–Kier alpha value is -0.780. The number of hydrogen-bond acceptors (Lipinski definition) is 1. The zero-order chi connectivity index (χ0) is 14.3. The van der Waals surface area contributed by atoms with Gasteiger partial charge in [0.15, 0.2) is 0 Å². The summed E-state index contributed by atoms with van der Waals surface area (Å²) in [5.74, 6) is 1.21. The molecule has 1 heterocycles. The molecule has 1 aromatic heterocycles.